The zero-order valence-electron chi connectivity index (χ0n) is 16.6. The monoisotopic (exact) mass is 400 g/mol. The average Bonchev–Trinajstić information content (AvgIpc) is 3.08. The van der Waals surface area contributed by atoms with E-state index in [2.05, 4.69) is 5.32 Å². The molecule has 0 aliphatic carbocycles. The normalized spacial score (nSPS) is 11.9. The van der Waals surface area contributed by atoms with Crippen molar-refractivity contribution in [1.29, 1.82) is 5.26 Å². The Kier molecular flexibility index (Phi) is 6.81. The average molecular weight is 401 g/mol. The third kappa shape index (κ3) is 4.70. The molecule has 148 valence electrons. The number of hydrogen-bond acceptors (Lipinski definition) is 6. The fourth-order valence-corrected chi connectivity index (χ4v) is 3.33. The minimum absolute atomic E-state index is 0.0224. The molecular formula is C21H24N2O4S. The number of phenolic OH excluding ortho intramolecular Hbond substituents is 1. The number of phenols is 1. The van der Waals surface area contributed by atoms with Crippen LogP contribution in [0.25, 0.3) is 0 Å². The molecule has 0 saturated carbocycles. The zero-order chi connectivity index (χ0) is 21.0. The van der Waals surface area contributed by atoms with Gasteiger partial charge < -0.3 is 15.2 Å². The van der Waals surface area contributed by atoms with E-state index < -0.39 is 18.0 Å². The Morgan fingerprint density at radius 3 is 2.43 bits per heavy atom. The van der Waals surface area contributed by atoms with Gasteiger partial charge in [-0.2, -0.15) is 5.26 Å². The van der Waals surface area contributed by atoms with Crippen LogP contribution in [0.4, 0.5) is 5.00 Å². The number of aromatic hydroxyl groups is 1. The van der Waals surface area contributed by atoms with E-state index in [0.29, 0.717) is 16.1 Å². The van der Waals surface area contributed by atoms with Gasteiger partial charge in [0, 0.05) is 0 Å². The number of ether oxygens (including phenoxy) is 1. The van der Waals surface area contributed by atoms with Crippen LogP contribution in [0.2, 0.25) is 0 Å². The first kappa shape index (κ1) is 21.5. The van der Waals surface area contributed by atoms with Gasteiger partial charge >= 0.3 is 5.97 Å². The molecule has 0 spiro atoms. The van der Waals surface area contributed by atoms with Crippen molar-refractivity contribution in [1.82, 2.24) is 0 Å². The Morgan fingerprint density at radius 1 is 1.18 bits per heavy atom. The van der Waals surface area contributed by atoms with Gasteiger partial charge in [-0.15, -0.1) is 11.3 Å². The van der Waals surface area contributed by atoms with Crippen LogP contribution in [0.1, 0.15) is 73.5 Å². The Bertz CT molecular complexity index is 925. The smallest absolute Gasteiger partial charge is 0.342 e. The number of hydrogen-bond donors (Lipinski definition) is 2. The first-order valence-electron chi connectivity index (χ1n) is 9.01. The highest BCUT2D eigenvalue weighted by atomic mass is 32.1. The lowest BCUT2D eigenvalue weighted by atomic mass is 9.92. The molecule has 0 unspecified atom stereocenters. The van der Waals surface area contributed by atoms with E-state index in [-0.39, 0.29) is 23.1 Å². The molecule has 0 aliphatic heterocycles. The van der Waals surface area contributed by atoms with Crippen LogP contribution in [-0.4, -0.2) is 23.1 Å². The lowest BCUT2D eigenvalue weighted by Gasteiger charge is -2.18. The van der Waals surface area contributed by atoms with Crippen molar-refractivity contribution < 1.29 is 19.4 Å². The second-order valence-electron chi connectivity index (χ2n) is 7.13. The summed E-state index contributed by atoms with van der Waals surface area (Å²) in [5, 5.41) is 24.2. The number of carbonyl (C=O) groups excluding carboxylic acids is 2. The van der Waals surface area contributed by atoms with Crippen LogP contribution in [0.3, 0.4) is 0 Å². The highest BCUT2D eigenvalue weighted by Gasteiger charge is 2.25. The van der Waals surface area contributed by atoms with Crippen LogP contribution in [-0.2, 0) is 9.53 Å². The molecule has 0 fully saturated rings. The fourth-order valence-electron chi connectivity index (χ4n) is 2.59. The van der Waals surface area contributed by atoms with Crippen LogP contribution in [0, 0.1) is 11.3 Å². The maximum Gasteiger partial charge on any atom is 0.342 e. The molecule has 28 heavy (non-hydrogen) atoms. The van der Waals surface area contributed by atoms with E-state index in [4.69, 9.17) is 10.00 Å². The first-order chi connectivity index (χ1) is 13.1. The number of rotatable bonds is 6. The summed E-state index contributed by atoms with van der Waals surface area (Å²) in [4.78, 5) is 25.0. The van der Waals surface area contributed by atoms with Gasteiger partial charge in [-0.05, 0) is 47.4 Å². The number of benzene rings is 1. The van der Waals surface area contributed by atoms with Gasteiger partial charge in [-0.1, -0.05) is 33.8 Å². The van der Waals surface area contributed by atoms with Crippen molar-refractivity contribution in [3.63, 3.8) is 0 Å². The molecule has 6 nitrogen and oxygen atoms in total. The van der Waals surface area contributed by atoms with Gasteiger partial charge in [0.05, 0.1) is 5.56 Å². The van der Waals surface area contributed by atoms with Gasteiger partial charge in [-0.3, -0.25) is 4.79 Å². The Morgan fingerprint density at radius 2 is 1.86 bits per heavy atom. The Balaban J connectivity index is 2.22. The molecule has 0 saturated heterocycles. The van der Waals surface area contributed by atoms with E-state index in [0.717, 1.165) is 5.56 Å². The molecule has 0 aliphatic rings. The topological polar surface area (TPSA) is 99.4 Å². The number of esters is 1. The van der Waals surface area contributed by atoms with Crippen LogP contribution in [0.15, 0.2) is 23.6 Å². The molecule has 1 amide bonds. The second-order valence-corrected chi connectivity index (χ2v) is 8.04. The van der Waals surface area contributed by atoms with Gasteiger partial charge in [0.1, 0.15) is 22.4 Å². The number of thiophene rings is 1. The van der Waals surface area contributed by atoms with Crippen molar-refractivity contribution in [2.24, 2.45) is 0 Å². The molecule has 2 N–H and O–H groups in total. The van der Waals surface area contributed by atoms with Crippen molar-refractivity contribution in [2.45, 2.75) is 52.6 Å². The molecule has 1 aromatic carbocycles. The highest BCUT2D eigenvalue weighted by Crippen LogP contribution is 2.33. The number of nitriles is 1. The standard InChI is InChI=1S/C21H24N2O4S/c1-11(2)15-8-16(12(3)4)18(24)17(9-15)21(26)27-13(5)19(25)23-20-14(10-22)6-7-28-20/h6-9,11-13,24H,1-5H3,(H,23,25)/t13-/m1/s1. The summed E-state index contributed by atoms with van der Waals surface area (Å²) in [6, 6.07) is 7.07. The van der Waals surface area contributed by atoms with E-state index in [1.807, 2.05) is 39.8 Å². The summed E-state index contributed by atoms with van der Waals surface area (Å²) in [5.41, 5.74) is 1.96. The predicted molar refractivity (Wildman–Crippen MR) is 109 cm³/mol. The lowest BCUT2D eigenvalue weighted by Crippen LogP contribution is -2.30. The van der Waals surface area contributed by atoms with Crippen molar-refractivity contribution in [3.05, 3.63) is 45.8 Å². The van der Waals surface area contributed by atoms with Crippen LogP contribution >= 0.6 is 11.3 Å². The predicted octanol–water partition coefficient (Wildman–Crippen LogP) is 4.76. The lowest BCUT2D eigenvalue weighted by molar-refractivity contribution is -0.123. The number of nitrogens with one attached hydrogen (secondary N) is 1. The summed E-state index contributed by atoms with van der Waals surface area (Å²) in [5.74, 6) is -1.25. The van der Waals surface area contributed by atoms with Crippen molar-refractivity contribution in [3.8, 4) is 11.8 Å². The molecule has 1 heterocycles. The quantitative estimate of drug-likeness (QED) is 0.681. The van der Waals surface area contributed by atoms with E-state index in [1.54, 1.807) is 17.5 Å². The third-order valence-corrected chi connectivity index (χ3v) is 5.18. The van der Waals surface area contributed by atoms with E-state index >= 15 is 0 Å². The molecule has 7 heteroatoms. The number of anilines is 1. The van der Waals surface area contributed by atoms with E-state index in [1.165, 1.54) is 18.3 Å². The highest BCUT2D eigenvalue weighted by molar-refractivity contribution is 7.14. The van der Waals surface area contributed by atoms with Gasteiger partial charge in [0.2, 0.25) is 0 Å². The summed E-state index contributed by atoms with van der Waals surface area (Å²) in [6.45, 7) is 9.29. The summed E-state index contributed by atoms with van der Waals surface area (Å²) in [6.07, 6.45) is -1.09. The molecule has 0 bridgehead atoms. The summed E-state index contributed by atoms with van der Waals surface area (Å²) < 4.78 is 5.28. The van der Waals surface area contributed by atoms with Crippen LogP contribution < -0.4 is 5.32 Å². The van der Waals surface area contributed by atoms with Gasteiger partial charge in [0.15, 0.2) is 6.10 Å². The SMILES string of the molecule is CC(C)c1cc(C(=O)O[C@H](C)C(=O)Nc2sccc2C#N)c(O)c(C(C)C)c1. The number of nitrogens with zero attached hydrogens (tertiary/aromatic N) is 1. The van der Waals surface area contributed by atoms with Gasteiger partial charge in [-0.25, -0.2) is 4.79 Å². The third-order valence-electron chi connectivity index (χ3n) is 4.35. The molecule has 0 radical (unpaired) electrons. The minimum atomic E-state index is -1.09. The second kappa shape index (κ2) is 8.89. The maximum atomic E-state index is 12.6. The Labute approximate surface area is 168 Å². The maximum absolute atomic E-state index is 12.6. The zero-order valence-corrected chi connectivity index (χ0v) is 17.4. The molecular weight excluding hydrogens is 376 g/mol. The van der Waals surface area contributed by atoms with Crippen molar-refractivity contribution in [2.75, 3.05) is 5.32 Å². The molecule has 2 aromatic rings. The first-order valence-corrected chi connectivity index (χ1v) is 9.89. The van der Waals surface area contributed by atoms with Gasteiger partial charge in [0.25, 0.3) is 5.91 Å². The number of carbonyl (C=O) groups is 2. The fraction of sp³-hybridized carbons (Fsp3) is 0.381. The minimum Gasteiger partial charge on any atom is -0.507 e. The molecule has 1 aromatic heterocycles. The van der Waals surface area contributed by atoms with E-state index in [9.17, 15) is 14.7 Å². The summed E-state index contributed by atoms with van der Waals surface area (Å²) in [7, 11) is 0. The van der Waals surface area contributed by atoms with Crippen molar-refractivity contribution >= 4 is 28.2 Å². The summed E-state index contributed by atoms with van der Waals surface area (Å²) >= 11 is 1.21. The molecule has 1 atom stereocenters. The number of amides is 1. The molecule has 2 rings (SSSR count). The Hall–Kier alpha value is -2.85. The largest absolute Gasteiger partial charge is 0.507 e. The van der Waals surface area contributed by atoms with Crippen LogP contribution in [0.5, 0.6) is 5.75 Å².